The highest BCUT2D eigenvalue weighted by Crippen LogP contribution is 2.43. The summed E-state index contributed by atoms with van der Waals surface area (Å²) in [5.74, 6) is 9.21. The minimum Gasteiger partial charge on any atom is -0.893 e. The molecule has 0 fully saturated rings. The van der Waals surface area contributed by atoms with Gasteiger partial charge in [0.05, 0.1) is 0 Å². The van der Waals surface area contributed by atoms with Crippen LogP contribution in [-0.4, -0.2) is 19.0 Å². The number of quaternary nitrogens is 2. The van der Waals surface area contributed by atoms with E-state index >= 15 is 0 Å². The van der Waals surface area contributed by atoms with Gasteiger partial charge in [0.1, 0.15) is 0 Å². The van der Waals surface area contributed by atoms with Gasteiger partial charge >= 0.3 is 11.9 Å². The van der Waals surface area contributed by atoms with E-state index in [-0.39, 0.29) is 23.7 Å². The zero-order chi connectivity index (χ0) is 26.1. The average molecular weight is 478 g/mol. The molecule has 3 aromatic carbocycles. The molecule has 0 atom stereocenters. The quantitative estimate of drug-likeness (QED) is 0.0462. The number of hydrogen-bond donors (Lipinski definition) is 8. The van der Waals surface area contributed by atoms with Crippen molar-refractivity contribution in [2.45, 2.75) is 24.6 Å². The van der Waals surface area contributed by atoms with Crippen LogP contribution in [0.1, 0.15) is 29.5 Å². The van der Waals surface area contributed by atoms with Crippen molar-refractivity contribution in [1.82, 2.24) is 0 Å². The minimum atomic E-state index is -1.76. The van der Waals surface area contributed by atoms with Crippen molar-refractivity contribution in [3.05, 3.63) is 108 Å². The normalized spacial score (nSPS) is 10.2. The fourth-order valence-corrected chi connectivity index (χ4v) is 3.63. The fourth-order valence-electron chi connectivity index (χ4n) is 3.63. The molecule has 0 heterocycles. The number of nitrogens with one attached hydrogen (secondary N) is 2. The molecule has 0 aliphatic carbocycles. The second kappa shape index (κ2) is 16.1. The number of benzene rings is 3. The maximum atomic E-state index is 11.1. The smallest absolute Gasteiger partial charge is 0.308 e. The van der Waals surface area contributed by atoms with Crippen LogP contribution in [0.2, 0.25) is 6.32 Å². The second-order valence-electron chi connectivity index (χ2n) is 7.57. The molecule has 186 valence electrons. The molecule has 3 rings (SSSR count). The molecule has 35 heavy (non-hydrogen) atoms. The van der Waals surface area contributed by atoms with Crippen LogP contribution in [0.25, 0.3) is 0 Å². The molecule has 0 saturated carbocycles. The van der Waals surface area contributed by atoms with Crippen molar-refractivity contribution in [3.63, 3.8) is 0 Å². The summed E-state index contributed by atoms with van der Waals surface area (Å²) in [6.45, 7) is 0. The lowest BCUT2D eigenvalue weighted by atomic mass is 9.65. The van der Waals surface area contributed by atoms with E-state index in [0.717, 1.165) is 17.3 Å². The summed E-state index contributed by atoms with van der Waals surface area (Å²) < 4.78 is 0. The van der Waals surface area contributed by atoms with Gasteiger partial charge < -0.3 is 21.5 Å². The summed E-state index contributed by atoms with van der Waals surface area (Å²) in [5, 5.41) is 34.8. The predicted molar refractivity (Wildman–Crippen MR) is 135 cm³/mol. The van der Waals surface area contributed by atoms with Crippen molar-refractivity contribution < 1.29 is 20.9 Å². The molecule has 11 heteroatoms. The summed E-state index contributed by atoms with van der Waals surface area (Å²) in [4.78, 5) is 0. The van der Waals surface area contributed by atoms with Crippen LogP contribution in [0.4, 0.5) is 0 Å². The van der Waals surface area contributed by atoms with E-state index in [0.29, 0.717) is 6.42 Å². The van der Waals surface area contributed by atoms with Crippen molar-refractivity contribution in [2.24, 2.45) is 23.2 Å². The Morgan fingerprint density at radius 3 is 1.20 bits per heavy atom. The molecule has 10 nitrogen and oxygen atoms in total. The van der Waals surface area contributed by atoms with Crippen LogP contribution in [0.3, 0.4) is 0 Å². The van der Waals surface area contributed by atoms with Gasteiger partial charge in [0.2, 0.25) is 0 Å². The third kappa shape index (κ3) is 10.1. The Morgan fingerprint density at radius 2 is 0.971 bits per heavy atom. The SMILES string of the molecule is N=C(N)[NH2+]N.N=C(N)[NH2+]N.[O-]B([O-])CCCC(c1ccccc1)(c1ccccc1)c1ccccc1. The topological polar surface area (TPSA) is 231 Å². The van der Waals surface area contributed by atoms with Crippen molar-refractivity contribution in [1.29, 1.82) is 10.8 Å². The molecule has 0 saturated heterocycles. The molecule has 0 aliphatic rings. The summed E-state index contributed by atoms with van der Waals surface area (Å²) in [6, 6.07) is 31.1. The Kier molecular flexibility index (Phi) is 13.6. The van der Waals surface area contributed by atoms with Crippen LogP contribution >= 0.6 is 0 Å². The van der Waals surface area contributed by atoms with Gasteiger partial charge in [-0.05, 0) is 23.1 Å². The molecular formula is C24H35BN8O2. The maximum Gasteiger partial charge on any atom is 0.308 e. The highest BCUT2D eigenvalue weighted by Gasteiger charge is 2.35. The van der Waals surface area contributed by atoms with E-state index in [1.165, 1.54) is 16.7 Å². The van der Waals surface area contributed by atoms with Gasteiger partial charge in [-0.3, -0.25) is 0 Å². The first kappa shape index (κ1) is 29.5. The van der Waals surface area contributed by atoms with Crippen LogP contribution < -0.4 is 44.1 Å². The van der Waals surface area contributed by atoms with Crippen molar-refractivity contribution >= 4 is 19.0 Å². The highest BCUT2D eigenvalue weighted by atomic mass is 16.4. The standard InChI is InChI=1S/C22H21BO2.2CH6N4/c24-23(25)18-10-17-22(19-11-4-1-5-12-19,20-13-6-2-7-14-20)21-15-8-3-9-16-21;2*2-1(3)5-4/h1-9,11-16H,10,17-18H2;2*4H2,(H4,2,3,5)/q-2;;/p+2. The Hall–Kier alpha value is -3.58. The van der Waals surface area contributed by atoms with Gasteiger partial charge in [0.15, 0.2) is 0 Å². The maximum absolute atomic E-state index is 11.1. The van der Waals surface area contributed by atoms with E-state index < -0.39 is 7.12 Å². The molecule has 0 aromatic heterocycles. The van der Waals surface area contributed by atoms with Crippen LogP contribution in [0.15, 0.2) is 91.0 Å². The van der Waals surface area contributed by atoms with E-state index in [4.69, 9.17) is 34.0 Å². The Labute approximate surface area is 206 Å². The van der Waals surface area contributed by atoms with Crippen LogP contribution in [0.5, 0.6) is 0 Å². The first-order valence-electron chi connectivity index (χ1n) is 11.0. The lowest BCUT2D eigenvalue weighted by Gasteiger charge is -2.37. The summed E-state index contributed by atoms with van der Waals surface area (Å²) >= 11 is 0. The molecule has 0 aliphatic heterocycles. The minimum absolute atomic E-state index is 0.0926. The largest absolute Gasteiger partial charge is 0.893 e. The van der Waals surface area contributed by atoms with Gasteiger partial charge in [0, 0.05) is 5.41 Å². The van der Waals surface area contributed by atoms with Gasteiger partial charge in [-0.25, -0.2) is 21.7 Å². The third-order valence-electron chi connectivity index (χ3n) is 5.15. The molecular weight excluding hydrogens is 443 g/mol. The molecule has 0 spiro atoms. The second-order valence-corrected chi connectivity index (χ2v) is 7.57. The van der Waals surface area contributed by atoms with Gasteiger partial charge in [0.25, 0.3) is 0 Å². The zero-order valence-electron chi connectivity index (χ0n) is 19.6. The lowest BCUT2D eigenvalue weighted by Crippen LogP contribution is -2.96. The number of hydrogen-bond acceptors (Lipinski definition) is 6. The first-order valence-corrected chi connectivity index (χ1v) is 11.0. The van der Waals surface area contributed by atoms with E-state index in [1.54, 1.807) is 0 Å². The van der Waals surface area contributed by atoms with Crippen molar-refractivity contribution in [3.8, 4) is 0 Å². The zero-order valence-corrected chi connectivity index (χ0v) is 19.6. The molecule has 0 unspecified atom stereocenters. The van der Waals surface area contributed by atoms with E-state index in [9.17, 15) is 10.0 Å². The van der Waals surface area contributed by atoms with E-state index in [1.807, 2.05) is 54.6 Å². The summed E-state index contributed by atoms with van der Waals surface area (Å²) in [7, 11) is -1.76. The van der Waals surface area contributed by atoms with Crippen LogP contribution in [-0.2, 0) is 5.41 Å². The highest BCUT2D eigenvalue weighted by molar-refractivity contribution is 6.36. The summed E-state index contributed by atoms with van der Waals surface area (Å²) in [5.41, 5.74) is 14.6. The first-order chi connectivity index (χ1) is 16.8. The Morgan fingerprint density at radius 1 is 0.686 bits per heavy atom. The monoisotopic (exact) mass is 478 g/mol. The Bertz CT molecular complexity index is 882. The number of rotatable bonds is 7. The average Bonchev–Trinajstić information content (AvgIpc) is 2.89. The van der Waals surface area contributed by atoms with Crippen LogP contribution in [0, 0.1) is 10.8 Å². The van der Waals surface area contributed by atoms with Gasteiger partial charge in [-0.15, -0.1) is 13.4 Å². The summed E-state index contributed by atoms with van der Waals surface area (Å²) in [6.07, 6.45) is 1.47. The number of guanidine groups is 2. The third-order valence-corrected chi connectivity index (χ3v) is 5.15. The van der Waals surface area contributed by atoms with Gasteiger partial charge in [-0.1, -0.05) is 97.4 Å². The molecule has 0 radical (unpaired) electrons. The Balaban J connectivity index is 0.000000519. The molecule has 0 amide bonds. The van der Waals surface area contributed by atoms with Crippen molar-refractivity contribution in [2.75, 3.05) is 0 Å². The fraction of sp³-hybridized carbons (Fsp3) is 0.167. The van der Waals surface area contributed by atoms with Gasteiger partial charge in [-0.2, -0.15) is 11.7 Å². The molecule has 14 N–H and O–H groups in total. The number of nitrogens with two attached hydrogens (primary N) is 6. The predicted octanol–water partition coefficient (Wildman–Crippen LogP) is -2.36. The molecule has 3 aromatic rings. The molecule has 0 bridgehead atoms. The lowest BCUT2D eigenvalue weighted by molar-refractivity contribution is -0.555. The van der Waals surface area contributed by atoms with E-state index in [2.05, 4.69) is 36.4 Å².